The van der Waals surface area contributed by atoms with Crippen molar-refractivity contribution in [2.75, 3.05) is 36.5 Å². The lowest BCUT2D eigenvalue weighted by atomic mass is 10.2. The van der Waals surface area contributed by atoms with Gasteiger partial charge in [-0.25, -0.2) is 4.98 Å². The third-order valence-electron chi connectivity index (χ3n) is 4.01. The standard InChI is InChI=1S/C16H15Br2N3O2/c17-10-7-12(18)15-13(8-10)20-16-11(9-23-15)14(1-2-19-16)21-3-5-22-6-4-21/h1-2,7-8H,3-6,9H2,(H,19,20). The number of nitrogens with one attached hydrogen (secondary N) is 1. The maximum absolute atomic E-state index is 6.06. The zero-order valence-electron chi connectivity index (χ0n) is 12.3. The number of halogens is 2. The first-order valence-electron chi connectivity index (χ1n) is 7.42. The summed E-state index contributed by atoms with van der Waals surface area (Å²) in [5, 5.41) is 3.41. The molecular weight excluding hydrogens is 426 g/mol. The molecule has 1 aromatic heterocycles. The number of aromatic nitrogens is 1. The molecule has 3 heterocycles. The number of ether oxygens (including phenoxy) is 2. The third kappa shape index (κ3) is 2.93. The molecule has 2 aliphatic rings. The number of pyridine rings is 1. The van der Waals surface area contributed by atoms with E-state index in [9.17, 15) is 0 Å². The summed E-state index contributed by atoms with van der Waals surface area (Å²) < 4.78 is 13.4. The molecule has 0 atom stereocenters. The largest absolute Gasteiger partial charge is 0.485 e. The van der Waals surface area contributed by atoms with Crippen LogP contribution in [-0.4, -0.2) is 31.3 Å². The van der Waals surface area contributed by atoms with Crippen LogP contribution in [0.5, 0.6) is 5.75 Å². The molecule has 2 aromatic rings. The molecule has 5 nitrogen and oxygen atoms in total. The summed E-state index contributed by atoms with van der Waals surface area (Å²) in [6.45, 7) is 3.77. The maximum Gasteiger partial charge on any atom is 0.157 e. The van der Waals surface area contributed by atoms with E-state index < -0.39 is 0 Å². The summed E-state index contributed by atoms with van der Waals surface area (Å²) in [5.41, 5.74) is 3.14. The van der Waals surface area contributed by atoms with E-state index in [4.69, 9.17) is 9.47 Å². The van der Waals surface area contributed by atoms with Gasteiger partial charge in [-0.15, -0.1) is 0 Å². The van der Waals surface area contributed by atoms with Crippen molar-refractivity contribution in [3.63, 3.8) is 0 Å². The van der Waals surface area contributed by atoms with Gasteiger partial charge in [-0.3, -0.25) is 0 Å². The molecule has 0 spiro atoms. The average molecular weight is 441 g/mol. The number of hydrogen-bond acceptors (Lipinski definition) is 5. The molecular formula is C16H15Br2N3O2. The monoisotopic (exact) mass is 439 g/mol. The van der Waals surface area contributed by atoms with Gasteiger partial charge >= 0.3 is 0 Å². The van der Waals surface area contributed by atoms with E-state index in [1.807, 2.05) is 18.3 Å². The van der Waals surface area contributed by atoms with Gasteiger partial charge in [-0.05, 0) is 34.1 Å². The highest BCUT2D eigenvalue weighted by Crippen LogP contribution is 2.42. The Kier molecular flexibility index (Phi) is 4.17. The zero-order chi connectivity index (χ0) is 15.8. The van der Waals surface area contributed by atoms with Crippen LogP contribution in [0, 0.1) is 0 Å². The van der Waals surface area contributed by atoms with Crippen molar-refractivity contribution in [2.24, 2.45) is 0 Å². The van der Waals surface area contributed by atoms with Crippen molar-refractivity contribution >= 4 is 49.1 Å². The Hall–Kier alpha value is -1.31. The number of benzene rings is 1. The Bertz CT molecular complexity index is 748. The molecule has 1 aromatic carbocycles. The van der Waals surface area contributed by atoms with Gasteiger partial charge in [0.05, 0.1) is 28.9 Å². The van der Waals surface area contributed by atoms with Crippen LogP contribution in [0.3, 0.4) is 0 Å². The first-order valence-corrected chi connectivity index (χ1v) is 9.00. The quantitative estimate of drug-likeness (QED) is 0.723. The molecule has 23 heavy (non-hydrogen) atoms. The number of nitrogens with zero attached hydrogens (tertiary/aromatic N) is 2. The van der Waals surface area contributed by atoms with Crippen LogP contribution in [0.1, 0.15) is 5.56 Å². The van der Waals surface area contributed by atoms with Gasteiger partial charge in [0.1, 0.15) is 12.4 Å². The predicted molar refractivity (Wildman–Crippen MR) is 96.7 cm³/mol. The summed E-state index contributed by atoms with van der Waals surface area (Å²) in [4.78, 5) is 6.84. The van der Waals surface area contributed by atoms with Gasteiger partial charge < -0.3 is 19.7 Å². The molecule has 0 aliphatic carbocycles. The fourth-order valence-corrected chi connectivity index (χ4v) is 4.24. The lowest BCUT2D eigenvalue weighted by molar-refractivity contribution is 0.122. The fraction of sp³-hybridized carbons (Fsp3) is 0.312. The number of anilines is 3. The molecule has 0 unspecified atom stereocenters. The van der Waals surface area contributed by atoms with E-state index in [0.717, 1.165) is 63.8 Å². The first-order chi connectivity index (χ1) is 11.2. The van der Waals surface area contributed by atoms with Crippen molar-refractivity contribution in [1.29, 1.82) is 0 Å². The second-order valence-corrected chi connectivity index (χ2v) is 7.20. The molecule has 7 heteroatoms. The Morgan fingerprint density at radius 3 is 2.83 bits per heavy atom. The fourth-order valence-electron chi connectivity index (χ4n) is 2.90. The first kappa shape index (κ1) is 15.2. The maximum atomic E-state index is 6.06. The van der Waals surface area contributed by atoms with Crippen molar-refractivity contribution < 1.29 is 9.47 Å². The number of hydrogen-bond donors (Lipinski definition) is 1. The minimum Gasteiger partial charge on any atom is -0.485 e. The molecule has 120 valence electrons. The average Bonchev–Trinajstić information content (AvgIpc) is 2.74. The Labute approximate surface area is 151 Å². The summed E-state index contributed by atoms with van der Waals surface area (Å²) >= 11 is 7.08. The van der Waals surface area contributed by atoms with Crippen molar-refractivity contribution in [3.05, 3.63) is 38.9 Å². The molecule has 0 bridgehead atoms. The van der Waals surface area contributed by atoms with E-state index in [1.54, 1.807) is 0 Å². The molecule has 1 N–H and O–H groups in total. The van der Waals surface area contributed by atoms with E-state index >= 15 is 0 Å². The van der Waals surface area contributed by atoms with E-state index in [1.165, 1.54) is 0 Å². The second-order valence-electron chi connectivity index (χ2n) is 5.43. The van der Waals surface area contributed by atoms with Gasteiger partial charge in [0.2, 0.25) is 0 Å². The molecule has 0 radical (unpaired) electrons. The third-order valence-corrected chi connectivity index (χ3v) is 5.05. The number of rotatable bonds is 1. The van der Waals surface area contributed by atoms with Crippen LogP contribution in [0.2, 0.25) is 0 Å². The lowest BCUT2D eigenvalue weighted by Gasteiger charge is -2.30. The van der Waals surface area contributed by atoms with Crippen LogP contribution >= 0.6 is 31.9 Å². The molecule has 1 fully saturated rings. The molecule has 0 saturated carbocycles. The van der Waals surface area contributed by atoms with Crippen LogP contribution in [-0.2, 0) is 11.3 Å². The Balaban J connectivity index is 1.75. The van der Waals surface area contributed by atoms with Crippen LogP contribution in [0.15, 0.2) is 33.3 Å². The predicted octanol–water partition coefficient (Wildman–Crippen LogP) is 4.08. The van der Waals surface area contributed by atoms with E-state index in [0.29, 0.717) is 6.61 Å². The summed E-state index contributed by atoms with van der Waals surface area (Å²) in [7, 11) is 0. The van der Waals surface area contributed by atoms with Gasteiger partial charge in [-0.1, -0.05) is 15.9 Å². The molecule has 4 rings (SSSR count). The minimum atomic E-state index is 0.482. The lowest BCUT2D eigenvalue weighted by Crippen LogP contribution is -2.37. The molecule has 2 aliphatic heterocycles. The second kappa shape index (κ2) is 6.30. The normalized spacial score (nSPS) is 16.7. The SMILES string of the molecule is Brc1cc(Br)c2c(c1)Nc1nccc(N3CCOCC3)c1CO2. The highest BCUT2D eigenvalue weighted by atomic mass is 79.9. The van der Waals surface area contributed by atoms with Crippen molar-refractivity contribution in [1.82, 2.24) is 4.98 Å². The minimum absolute atomic E-state index is 0.482. The highest BCUT2D eigenvalue weighted by Gasteiger charge is 2.23. The summed E-state index contributed by atoms with van der Waals surface area (Å²) in [6, 6.07) is 6.03. The van der Waals surface area contributed by atoms with Crippen LogP contribution in [0.4, 0.5) is 17.2 Å². The van der Waals surface area contributed by atoms with Crippen molar-refractivity contribution in [2.45, 2.75) is 6.61 Å². The molecule has 0 amide bonds. The van der Waals surface area contributed by atoms with Gasteiger partial charge in [0.25, 0.3) is 0 Å². The van der Waals surface area contributed by atoms with Gasteiger partial charge in [0, 0.05) is 29.4 Å². The summed E-state index contributed by atoms with van der Waals surface area (Å²) in [6.07, 6.45) is 1.84. The molecule has 1 saturated heterocycles. The number of morpholine rings is 1. The number of fused-ring (bicyclic) bond motifs is 2. The highest BCUT2D eigenvalue weighted by molar-refractivity contribution is 9.11. The smallest absolute Gasteiger partial charge is 0.157 e. The van der Waals surface area contributed by atoms with E-state index in [2.05, 4.69) is 53.1 Å². The van der Waals surface area contributed by atoms with Gasteiger partial charge in [0.15, 0.2) is 5.75 Å². The summed E-state index contributed by atoms with van der Waals surface area (Å²) in [5.74, 6) is 1.65. The zero-order valence-corrected chi connectivity index (χ0v) is 15.5. The van der Waals surface area contributed by atoms with Crippen LogP contribution in [0.25, 0.3) is 0 Å². The Morgan fingerprint density at radius 2 is 2.00 bits per heavy atom. The topological polar surface area (TPSA) is 46.6 Å². The van der Waals surface area contributed by atoms with Gasteiger partial charge in [-0.2, -0.15) is 0 Å². The van der Waals surface area contributed by atoms with E-state index in [-0.39, 0.29) is 0 Å². The Morgan fingerprint density at radius 1 is 1.17 bits per heavy atom. The van der Waals surface area contributed by atoms with Crippen LogP contribution < -0.4 is 15.0 Å². The van der Waals surface area contributed by atoms with Crippen molar-refractivity contribution in [3.8, 4) is 5.75 Å².